The average molecular weight is 237 g/mol. The summed E-state index contributed by atoms with van der Waals surface area (Å²) in [4.78, 5) is 10.6. The molecular weight excluding hydrogens is 214 g/mol. The quantitative estimate of drug-likeness (QED) is 0.851. The van der Waals surface area contributed by atoms with E-state index in [2.05, 4.69) is 35.6 Å². The lowest BCUT2D eigenvalue weighted by Gasteiger charge is -2.30. The molecule has 1 aromatic heterocycles. The number of aryl methyl sites for hydroxylation is 1. The van der Waals surface area contributed by atoms with Crippen LogP contribution in [0.1, 0.15) is 32.9 Å². The second kappa shape index (κ2) is 5.96. The number of rotatable bonds is 5. The number of aliphatic hydroxyl groups is 1. The molecule has 0 aliphatic carbocycles. The molecule has 0 saturated heterocycles. The summed E-state index contributed by atoms with van der Waals surface area (Å²) < 4.78 is 0. The molecule has 0 bridgehead atoms. The SMILES string of the molecule is Cc1cc(N(CCCO)CC(C)(C)C)ncn1. The molecule has 96 valence electrons. The summed E-state index contributed by atoms with van der Waals surface area (Å²) in [5.74, 6) is 0.945. The predicted molar refractivity (Wildman–Crippen MR) is 70.1 cm³/mol. The Kier molecular flexibility index (Phi) is 4.87. The highest BCUT2D eigenvalue weighted by molar-refractivity contribution is 5.38. The van der Waals surface area contributed by atoms with Gasteiger partial charge in [0.05, 0.1) is 0 Å². The Morgan fingerprint density at radius 1 is 1.29 bits per heavy atom. The van der Waals surface area contributed by atoms with Gasteiger partial charge in [-0.2, -0.15) is 0 Å². The Balaban J connectivity index is 2.81. The van der Waals surface area contributed by atoms with Crippen molar-refractivity contribution in [2.75, 3.05) is 24.6 Å². The summed E-state index contributed by atoms with van der Waals surface area (Å²) in [5.41, 5.74) is 1.17. The molecule has 1 heterocycles. The summed E-state index contributed by atoms with van der Waals surface area (Å²) in [5, 5.41) is 8.96. The first-order valence-electron chi connectivity index (χ1n) is 6.07. The molecule has 0 aromatic carbocycles. The fourth-order valence-corrected chi connectivity index (χ4v) is 1.72. The molecule has 4 heteroatoms. The average Bonchev–Trinajstić information content (AvgIpc) is 2.22. The number of anilines is 1. The topological polar surface area (TPSA) is 49.2 Å². The van der Waals surface area contributed by atoms with Gasteiger partial charge in [0.25, 0.3) is 0 Å². The number of hydrogen-bond donors (Lipinski definition) is 1. The number of hydrogen-bond acceptors (Lipinski definition) is 4. The Labute approximate surface area is 104 Å². The van der Waals surface area contributed by atoms with Gasteiger partial charge in [0.2, 0.25) is 0 Å². The molecule has 0 saturated carbocycles. The number of aliphatic hydroxyl groups excluding tert-OH is 1. The van der Waals surface area contributed by atoms with Crippen molar-refractivity contribution < 1.29 is 5.11 Å². The maximum Gasteiger partial charge on any atom is 0.132 e. The molecule has 0 radical (unpaired) electrons. The monoisotopic (exact) mass is 237 g/mol. The van der Waals surface area contributed by atoms with Gasteiger partial charge in [0, 0.05) is 31.5 Å². The van der Waals surface area contributed by atoms with Crippen LogP contribution in [0.4, 0.5) is 5.82 Å². The predicted octanol–water partition coefficient (Wildman–Crippen LogP) is 2.02. The van der Waals surface area contributed by atoms with Crippen molar-refractivity contribution in [3.05, 3.63) is 18.1 Å². The molecule has 0 fully saturated rings. The Bertz CT molecular complexity index is 347. The minimum absolute atomic E-state index is 0.203. The maximum atomic E-state index is 8.96. The normalized spacial score (nSPS) is 11.6. The van der Waals surface area contributed by atoms with Crippen LogP contribution < -0.4 is 4.90 Å². The third kappa shape index (κ3) is 5.13. The third-order valence-corrected chi connectivity index (χ3v) is 2.36. The third-order valence-electron chi connectivity index (χ3n) is 2.36. The van der Waals surface area contributed by atoms with Crippen molar-refractivity contribution in [2.45, 2.75) is 34.1 Å². The fraction of sp³-hybridized carbons (Fsp3) is 0.692. The minimum atomic E-state index is 0.203. The summed E-state index contributed by atoms with van der Waals surface area (Å²) >= 11 is 0. The van der Waals surface area contributed by atoms with Crippen molar-refractivity contribution in [3.63, 3.8) is 0 Å². The molecular formula is C13H23N3O. The van der Waals surface area contributed by atoms with Crippen LogP contribution in [-0.4, -0.2) is 34.8 Å². The molecule has 0 amide bonds. The fourth-order valence-electron chi connectivity index (χ4n) is 1.72. The Morgan fingerprint density at radius 3 is 2.53 bits per heavy atom. The molecule has 1 aromatic rings. The largest absolute Gasteiger partial charge is 0.396 e. The second-order valence-electron chi connectivity index (χ2n) is 5.58. The Hall–Kier alpha value is -1.16. The van der Waals surface area contributed by atoms with Crippen LogP contribution in [0.25, 0.3) is 0 Å². The van der Waals surface area contributed by atoms with Gasteiger partial charge in [-0.25, -0.2) is 9.97 Å². The summed E-state index contributed by atoms with van der Waals surface area (Å²) in [7, 11) is 0. The number of aromatic nitrogens is 2. The van der Waals surface area contributed by atoms with Crippen LogP contribution in [0, 0.1) is 12.3 Å². The van der Waals surface area contributed by atoms with Crippen molar-refractivity contribution in [2.24, 2.45) is 5.41 Å². The zero-order valence-corrected chi connectivity index (χ0v) is 11.3. The lowest BCUT2D eigenvalue weighted by atomic mass is 9.96. The van der Waals surface area contributed by atoms with E-state index in [1.807, 2.05) is 13.0 Å². The molecule has 17 heavy (non-hydrogen) atoms. The van der Waals surface area contributed by atoms with Gasteiger partial charge in [-0.15, -0.1) is 0 Å². The molecule has 0 aliphatic heterocycles. The lowest BCUT2D eigenvalue weighted by molar-refractivity contribution is 0.286. The Morgan fingerprint density at radius 2 is 2.00 bits per heavy atom. The highest BCUT2D eigenvalue weighted by atomic mass is 16.3. The highest BCUT2D eigenvalue weighted by Gasteiger charge is 2.17. The van der Waals surface area contributed by atoms with Gasteiger partial charge in [-0.1, -0.05) is 20.8 Å². The van der Waals surface area contributed by atoms with E-state index >= 15 is 0 Å². The summed E-state index contributed by atoms with van der Waals surface area (Å²) in [6.07, 6.45) is 2.36. The van der Waals surface area contributed by atoms with Crippen molar-refractivity contribution in [1.29, 1.82) is 0 Å². The van der Waals surface area contributed by atoms with Crippen LogP contribution >= 0.6 is 0 Å². The molecule has 4 nitrogen and oxygen atoms in total. The number of nitrogens with zero attached hydrogens (tertiary/aromatic N) is 3. The van der Waals surface area contributed by atoms with Gasteiger partial charge >= 0.3 is 0 Å². The van der Waals surface area contributed by atoms with Gasteiger partial charge < -0.3 is 10.0 Å². The first kappa shape index (κ1) is 13.9. The van der Waals surface area contributed by atoms with E-state index < -0.39 is 0 Å². The van der Waals surface area contributed by atoms with Crippen LogP contribution in [0.3, 0.4) is 0 Å². The maximum absolute atomic E-state index is 8.96. The van der Waals surface area contributed by atoms with Crippen LogP contribution in [-0.2, 0) is 0 Å². The van der Waals surface area contributed by atoms with E-state index in [1.165, 1.54) is 0 Å². The molecule has 0 atom stereocenters. The van der Waals surface area contributed by atoms with E-state index in [4.69, 9.17) is 5.11 Å². The van der Waals surface area contributed by atoms with Crippen molar-refractivity contribution in [3.8, 4) is 0 Å². The van der Waals surface area contributed by atoms with Crippen molar-refractivity contribution in [1.82, 2.24) is 9.97 Å². The van der Waals surface area contributed by atoms with Crippen LogP contribution in [0.15, 0.2) is 12.4 Å². The molecule has 0 spiro atoms. The molecule has 1 rings (SSSR count). The minimum Gasteiger partial charge on any atom is -0.396 e. The van der Waals surface area contributed by atoms with Gasteiger partial charge in [0.15, 0.2) is 0 Å². The first-order chi connectivity index (χ1) is 7.92. The summed E-state index contributed by atoms with van der Waals surface area (Å²) in [6.45, 7) is 10.5. The van der Waals surface area contributed by atoms with Gasteiger partial charge in [-0.3, -0.25) is 0 Å². The lowest BCUT2D eigenvalue weighted by Crippen LogP contribution is -2.34. The molecule has 0 unspecified atom stereocenters. The molecule has 0 aliphatic rings. The van der Waals surface area contributed by atoms with E-state index in [1.54, 1.807) is 6.33 Å². The van der Waals surface area contributed by atoms with E-state index in [0.29, 0.717) is 0 Å². The van der Waals surface area contributed by atoms with E-state index in [0.717, 1.165) is 31.0 Å². The van der Waals surface area contributed by atoms with Gasteiger partial charge in [-0.05, 0) is 18.8 Å². The first-order valence-corrected chi connectivity index (χ1v) is 6.07. The highest BCUT2D eigenvalue weighted by Crippen LogP contribution is 2.20. The summed E-state index contributed by atoms with van der Waals surface area (Å²) in [6, 6.07) is 1.99. The zero-order valence-electron chi connectivity index (χ0n) is 11.3. The molecule has 1 N–H and O–H groups in total. The second-order valence-corrected chi connectivity index (χ2v) is 5.58. The van der Waals surface area contributed by atoms with E-state index in [9.17, 15) is 0 Å². The smallest absolute Gasteiger partial charge is 0.132 e. The van der Waals surface area contributed by atoms with E-state index in [-0.39, 0.29) is 12.0 Å². The van der Waals surface area contributed by atoms with Crippen LogP contribution in [0.2, 0.25) is 0 Å². The van der Waals surface area contributed by atoms with Crippen LogP contribution in [0.5, 0.6) is 0 Å². The van der Waals surface area contributed by atoms with Gasteiger partial charge in [0.1, 0.15) is 12.1 Å². The standard InChI is InChI=1S/C13H23N3O/c1-11-8-12(15-10-14-11)16(6-5-7-17)9-13(2,3)4/h8,10,17H,5-7,9H2,1-4H3. The van der Waals surface area contributed by atoms with Crippen molar-refractivity contribution >= 4 is 5.82 Å². The zero-order chi connectivity index (χ0) is 12.9.